The van der Waals surface area contributed by atoms with Gasteiger partial charge in [0.25, 0.3) is 0 Å². The number of benzene rings is 1. The van der Waals surface area contributed by atoms with Crippen molar-refractivity contribution in [3.63, 3.8) is 0 Å². The monoisotopic (exact) mass is 376 g/mol. The molecule has 1 aliphatic heterocycles. The number of nitrogens with two attached hydrogens (primary N) is 1. The molecule has 1 saturated heterocycles. The molecule has 1 aromatic carbocycles. The summed E-state index contributed by atoms with van der Waals surface area (Å²) in [6, 6.07) is 7.39. The molecule has 0 radical (unpaired) electrons. The van der Waals surface area contributed by atoms with Gasteiger partial charge in [-0.3, -0.25) is 9.69 Å². The number of piperazine rings is 1. The van der Waals surface area contributed by atoms with Crippen LogP contribution in [0, 0.1) is 0 Å². The number of rotatable bonds is 4. The van der Waals surface area contributed by atoms with Gasteiger partial charge in [0.15, 0.2) is 0 Å². The summed E-state index contributed by atoms with van der Waals surface area (Å²) in [7, 11) is 0. The van der Waals surface area contributed by atoms with Crippen LogP contribution in [0.4, 0.5) is 16.2 Å². The average molecular weight is 377 g/mol. The Bertz CT molecular complexity index is 644. The molecule has 2 rings (SSSR count). The molecule has 2 N–H and O–H groups in total. The Labute approximate surface area is 162 Å². The van der Waals surface area contributed by atoms with Crippen LogP contribution in [0.25, 0.3) is 0 Å². The van der Waals surface area contributed by atoms with E-state index in [0.717, 1.165) is 5.69 Å². The number of anilines is 2. The summed E-state index contributed by atoms with van der Waals surface area (Å²) in [4.78, 5) is 30.6. The molecule has 1 heterocycles. The third-order valence-corrected chi connectivity index (χ3v) is 4.34. The normalized spacial score (nSPS) is 15.7. The molecule has 1 fully saturated rings. The second kappa shape index (κ2) is 8.61. The number of nitrogen functional groups attached to an aromatic ring is 1. The van der Waals surface area contributed by atoms with E-state index < -0.39 is 5.60 Å². The zero-order chi connectivity index (χ0) is 20.2. The molecule has 7 heteroatoms. The van der Waals surface area contributed by atoms with Crippen LogP contribution in [0.15, 0.2) is 24.3 Å². The number of amides is 2. The van der Waals surface area contributed by atoms with Crippen molar-refractivity contribution in [2.45, 2.75) is 46.3 Å². The highest BCUT2D eigenvalue weighted by atomic mass is 16.6. The van der Waals surface area contributed by atoms with Gasteiger partial charge in [0, 0.05) is 43.6 Å². The lowest BCUT2D eigenvalue weighted by Crippen LogP contribution is -2.53. The van der Waals surface area contributed by atoms with Crippen molar-refractivity contribution in [3.05, 3.63) is 24.3 Å². The van der Waals surface area contributed by atoms with Gasteiger partial charge in [-0.1, -0.05) is 0 Å². The fraction of sp³-hybridized carbons (Fsp3) is 0.600. The van der Waals surface area contributed by atoms with Crippen LogP contribution in [0.2, 0.25) is 0 Å². The van der Waals surface area contributed by atoms with Crippen LogP contribution in [0.3, 0.4) is 0 Å². The topological polar surface area (TPSA) is 79.1 Å². The molecule has 1 aliphatic rings. The van der Waals surface area contributed by atoms with Crippen LogP contribution in [0.5, 0.6) is 0 Å². The third kappa shape index (κ3) is 6.13. The number of carbonyl (C=O) groups is 2. The van der Waals surface area contributed by atoms with E-state index in [1.165, 1.54) is 0 Å². The first-order chi connectivity index (χ1) is 12.6. The molecule has 7 nitrogen and oxygen atoms in total. The molecule has 150 valence electrons. The highest BCUT2D eigenvalue weighted by molar-refractivity contribution is 5.95. The zero-order valence-electron chi connectivity index (χ0n) is 17.1. The second-order valence-electron chi connectivity index (χ2n) is 8.19. The van der Waals surface area contributed by atoms with E-state index in [-0.39, 0.29) is 18.0 Å². The van der Waals surface area contributed by atoms with E-state index in [2.05, 4.69) is 4.90 Å². The molecule has 0 bridgehead atoms. The van der Waals surface area contributed by atoms with Gasteiger partial charge in [0.2, 0.25) is 5.91 Å². The predicted molar refractivity (Wildman–Crippen MR) is 108 cm³/mol. The minimum absolute atomic E-state index is 0.0421. The van der Waals surface area contributed by atoms with Crippen LogP contribution in [-0.2, 0) is 9.53 Å². The van der Waals surface area contributed by atoms with Crippen molar-refractivity contribution < 1.29 is 14.3 Å². The second-order valence-corrected chi connectivity index (χ2v) is 8.19. The maximum Gasteiger partial charge on any atom is 0.410 e. The van der Waals surface area contributed by atoms with E-state index in [1.807, 2.05) is 46.8 Å². The summed E-state index contributed by atoms with van der Waals surface area (Å²) in [5.74, 6) is 0.0421. The standard InChI is InChI=1S/C20H32N4O3/c1-15(2)24(17-8-6-16(21)7-9-17)18(25)14-22-10-12-23(13-11-22)19(26)27-20(3,4)5/h6-9,15H,10-14,21H2,1-5H3. The molecule has 0 atom stereocenters. The van der Waals surface area contributed by atoms with Gasteiger partial charge >= 0.3 is 6.09 Å². The maximum atomic E-state index is 12.9. The zero-order valence-corrected chi connectivity index (χ0v) is 17.1. The van der Waals surface area contributed by atoms with E-state index in [4.69, 9.17) is 10.5 Å². The minimum Gasteiger partial charge on any atom is -0.444 e. The SMILES string of the molecule is CC(C)N(C(=O)CN1CCN(C(=O)OC(C)(C)C)CC1)c1ccc(N)cc1. The third-order valence-electron chi connectivity index (χ3n) is 4.34. The van der Waals surface area contributed by atoms with Crippen LogP contribution in [-0.4, -0.2) is 66.2 Å². The van der Waals surface area contributed by atoms with Crippen LogP contribution >= 0.6 is 0 Å². The van der Waals surface area contributed by atoms with Gasteiger partial charge in [-0.2, -0.15) is 0 Å². The lowest BCUT2D eigenvalue weighted by atomic mass is 10.2. The highest BCUT2D eigenvalue weighted by Crippen LogP contribution is 2.20. The molecular weight excluding hydrogens is 344 g/mol. The lowest BCUT2D eigenvalue weighted by molar-refractivity contribution is -0.120. The van der Waals surface area contributed by atoms with E-state index in [0.29, 0.717) is 38.4 Å². The summed E-state index contributed by atoms with van der Waals surface area (Å²) >= 11 is 0. The first-order valence-corrected chi connectivity index (χ1v) is 9.44. The number of nitrogens with zero attached hydrogens (tertiary/aromatic N) is 3. The van der Waals surface area contributed by atoms with Gasteiger partial charge in [-0.15, -0.1) is 0 Å². The fourth-order valence-electron chi connectivity index (χ4n) is 3.05. The first-order valence-electron chi connectivity index (χ1n) is 9.44. The van der Waals surface area contributed by atoms with Gasteiger partial charge in [0.05, 0.1) is 6.54 Å². The maximum absolute atomic E-state index is 12.9. The van der Waals surface area contributed by atoms with Crippen molar-refractivity contribution in [2.24, 2.45) is 0 Å². The molecule has 0 unspecified atom stereocenters. The molecule has 27 heavy (non-hydrogen) atoms. The Balaban J connectivity index is 1.92. The summed E-state index contributed by atoms with van der Waals surface area (Å²) in [5.41, 5.74) is 6.77. The largest absolute Gasteiger partial charge is 0.444 e. The van der Waals surface area contributed by atoms with E-state index >= 15 is 0 Å². The minimum atomic E-state index is -0.499. The number of hydrogen-bond acceptors (Lipinski definition) is 5. The van der Waals surface area contributed by atoms with Crippen LogP contribution < -0.4 is 10.6 Å². The van der Waals surface area contributed by atoms with Gasteiger partial charge in [0.1, 0.15) is 5.60 Å². The smallest absolute Gasteiger partial charge is 0.410 e. The lowest BCUT2D eigenvalue weighted by Gasteiger charge is -2.36. The Hall–Kier alpha value is -2.28. The molecular formula is C20H32N4O3. The van der Waals surface area contributed by atoms with Crippen LogP contribution in [0.1, 0.15) is 34.6 Å². The number of ether oxygens (including phenoxy) is 1. The van der Waals surface area contributed by atoms with Crippen molar-refractivity contribution in [1.82, 2.24) is 9.80 Å². The van der Waals surface area contributed by atoms with Crippen molar-refractivity contribution >= 4 is 23.4 Å². The quantitative estimate of drug-likeness (QED) is 0.817. The van der Waals surface area contributed by atoms with Gasteiger partial charge < -0.3 is 20.3 Å². The highest BCUT2D eigenvalue weighted by Gasteiger charge is 2.28. The molecule has 0 aromatic heterocycles. The Morgan fingerprint density at radius 3 is 2.15 bits per heavy atom. The molecule has 0 aliphatic carbocycles. The van der Waals surface area contributed by atoms with Gasteiger partial charge in [-0.25, -0.2) is 4.79 Å². The summed E-state index contributed by atoms with van der Waals surface area (Å²) in [6.07, 6.45) is -0.292. The first kappa shape index (κ1) is 21.0. The summed E-state index contributed by atoms with van der Waals surface area (Å²) in [5, 5.41) is 0. The molecule has 0 saturated carbocycles. The van der Waals surface area contributed by atoms with Crippen molar-refractivity contribution in [3.8, 4) is 0 Å². The van der Waals surface area contributed by atoms with E-state index in [9.17, 15) is 9.59 Å². The Kier molecular flexibility index (Phi) is 6.70. The Morgan fingerprint density at radius 2 is 1.67 bits per heavy atom. The van der Waals surface area contributed by atoms with Crippen molar-refractivity contribution in [1.29, 1.82) is 0 Å². The molecule has 0 spiro atoms. The summed E-state index contributed by atoms with van der Waals surface area (Å²) < 4.78 is 5.41. The number of carbonyl (C=O) groups excluding carboxylic acids is 2. The van der Waals surface area contributed by atoms with E-state index in [1.54, 1.807) is 21.9 Å². The van der Waals surface area contributed by atoms with Crippen molar-refractivity contribution in [2.75, 3.05) is 43.4 Å². The predicted octanol–water partition coefficient (Wildman–Crippen LogP) is 2.56. The summed E-state index contributed by atoms with van der Waals surface area (Å²) in [6.45, 7) is 12.3. The number of hydrogen-bond donors (Lipinski definition) is 1. The fourth-order valence-corrected chi connectivity index (χ4v) is 3.05. The molecule has 1 aromatic rings. The molecule has 2 amide bonds. The average Bonchev–Trinajstić information content (AvgIpc) is 2.55. The Morgan fingerprint density at radius 1 is 1.11 bits per heavy atom. The van der Waals surface area contributed by atoms with Gasteiger partial charge in [-0.05, 0) is 58.9 Å².